The summed E-state index contributed by atoms with van der Waals surface area (Å²) in [7, 11) is 1.57. The Labute approximate surface area is 204 Å². The van der Waals surface area contributed by atoms with Crippen LogP contribution in [0.3, 0.4) is 0 Å². The zero-order valence-electron chi connectivity index (χ0n) is 19.9. The van der Waals surface area contributed by atoms with Gasteiger partial charge in [-0.05, 0) is 31.9 Å². The van der Waals surface area contributed by atoms with Gasteiger partial charge in [-0.25, -0.2) is 9.97 Å². The summed E-state index contributed by atoms with van der Waals surface area (Å²) in [6.07, 6.45) is 0.873. The summed E-state index contributed by atoms with van der Waals surface area (Å²) in [5.74, 6) is 2.40. The number of aromatic nitrogens is 2. The van der Waals surface area contributed by atoms with Gasteiger partial charge in [0.05, 0.1) is 33.0 Å². The summed E-state index contributed by atoms with van der Waals surface area (Å²) < 4.78 is 22.6. The van der Waals surface area contributed by atoms with Crippen LogP contribution in [0.15, 0.2) is 18.2 Å². The van der Waals surface area contributed by atoms with Gasteiger partial charge in [-0.15, -0.1) is 0 Å². The van der Waals surface area contributed by atoms with Gasteiger partial charge in [0.15, 0.2) is 18.1 Å². The molecule has 1 unspecified atom stereocenters. The smallest absolute Gasteiger partial charge is 0.260 e. The van der Waals surface area contributed by atoms with Gasteiger partial charge in [-0.3, -0.25) is 4.79 Å². The fourth-order valence-electron chi connectivity index (χ4n) is 4.28. The Balaban J connectivity index is 1.58. The SMILES string of the molecule is COc1cc(C2COCCCN2c2cc(C)nc(C)n2)c(Cl)cc1OCC(=O)N1CCOCC1. The highest BCUT2D eigenvalue weighted by Crippen LogP contribution is 2.39. The highest BCUT2D eigenvalue weighted by molar-refractivity contribution is 6.31. The molecule has 184 valence electrons. The zero-order valence-corrected chi connectivity index (χ0v) is 20.6. The van der Waals surface area contributed by atoms with E-state index in [1.807, 2.05) is 26.0 Å². The van der Waals surface area contributed by atoms with Crippen molar-refractivity contribution in [2.45, 2.75) is 26.3 Å². The first kappa shape index (κ1) is 24.5. The fourth-order valence-corrected chi connectivity index (χ4v) is 4.56. The lowest BCUT2D eigenvalue weighted by Crippen LogP contribution is -2.43. The Hall–Kier alpha value is -2.62. The molecule has 0 saturated carbocycles. The maximum Gasteiger partial charge on any atom is 0.260 e. The van der Waals surface area contributed by atoms with Gasteiger partial charge in [0.2, 0.25) is 0 Å². The number of aryl methyl sites for hydroxylation is 2. The summed E-state index contributed by atoms with van der Waals surface area (Å²) in [5.41, 5.74) is 1.75. The van der Waals surface area contributed by atoms with Crippen molar-refractivity contribution in [3.63, 3.8) is 0 Å². The van der Waals surface area contributed by atoms with E-state index in [-0.39, 0.29) is 18.6 Å². The van der Waals surface area contributed by atoms with Crippen LogP contribution in [0.4, 0.5) is 5.82 Å². The second kappa shape index (κ2) is 11.2. The molecule has 2 saturated heterocycles. The second-order valence-electron chi connectivity index (χ2n) is 8.36. The first-order chi connectivity index (χ1) is 16.5. The van der Waals surface area contributed by atoms with Crippen LogP contribution in [0, 0.1) is 13.8 Å². The standard InChI is InChI=1S/C24H31ClN4O5/c1-16-11-23(27-17(2)26-16)29-5-4-8-33-14-20(29)18-12-21(31-3)22(13-19(18)25)34-15-24(30)28-6-9-32-10-7-28/h11-13,20H,4-10,14-15H2,1-3H3. The molecule has 2 aliphatic heterocycles. The van der Waals surface area contributed by atoms with Crippen molar-refractivity contribution in [1.29, 1.82) is 0 Å². The molecule has 4 rings (SSSR count). The molecule has 3 heterocycles. The van der Waals surface area contributed by atoms with E-state index in [1.54, 1.807) is 18.1 Å². The highest BCUT2D eigenvalue weighted by Gasteiger charge is 2.28. The third-order valence-corrected chi connectivity index (χ3v) is 6.27. The van der Waals surface area contributed by atoms with E-state index in [0.717, 1.165) is 35.9 Å². The van der Waals surface area contributed by atoms with Crippen LogP contribution >= 0.6 is 11.6 Å². The Morgan fingerprint density at radius 2 is 1.88 bits per heavy atom. The minimum Gasteiger partial charge on any atom is -0.493 e. The number of morpholine rings is 1. The van der Waals surface area contributed by atoms with E-state index in [4.69, 9.17) is 30.5 Å². The van der Waals surface area contributed by atoms with E-state index < -0.39 is 0 Å². The predicted octanol–water partition coefficient (Wildman–Crippen LogP) is 2.96. The van der Waals surface area contributed by atoms with Gasteiger partial charge in [-0.2, -0.15) is 0 Å². The lowest BCUT2D eigenvalue weighted by Gasteiger charge is -2.32. The first-order valence-electron chi connectivity index (χ1n) is 11.5. The first-order valence-corrected chi connectivity index (χ1v) is 11.9. The molecule has 10 heteroatoms. The van der Waals surface area contributed by atoms with Gasteiger partial charge >= 0.3 is 0 Å². The Morgan fingerprint density at radius 1 is 1.09 bits per heavy atom. The van der Waals surface area contributed by atoms with Crippen LogP contribution < -0.4 is 14.4 Å². The maximum atomic E-state index is 12.5. The number of carbonyl (C=O) groups is 1. The minimum absolute atomic E-state index is 0.0931. The van der Waals surface area contributed by atoms with Crippen molar-refractivity contribution in [3.05, 3.63) is 40.3 Å². The summed E-state index contributed by atoms with van der Waals surface area (Å²) in [6.45, 7) is 7.87. The van der Waals surface area contributed by atoms with Gasteiger partial charge in [-0.1, -0.05) is 11.6 Å². The number of anilines is 1. The Bertz CT molecular complexity index is 995. The molecule has 0 N–H and O–H groups in total. The minimum atomic E-state index is -0.165. The number of halogens is 1. The number of methoxy groups -OCH3 is 1. The van der Waals surface area contributed by atoms with Crippen LogP contribution in [0.25, 0.3) is 0 Å². The number of nitrogens with zero attached hydrogens (tertiary/aromatic N) is 4. The lowest BCUT2D eigenvalue weighted by molar-refractivity contribution is -0.137. The molecule has 1 aromatic heterocycles. The Morgan fingerprint density at radius 3 is 2.62 bits per heavy atom. The number of hydrogen-bond donors (Lipinski definition) is 0. The zero-order chi connectivity index (χ0) is 24.1. The van der Waals surface area contributed by atoms with Crippen LogP contribution in [0.2, 0.25) is 5.02 Å². The maximum absolute atomic E-state index is 12.5. The molecule has 1 aromatic carbocycles. The summed E-state index contributed by atoms with van der Waals surface area (Å²) in [6, 6.07) is 5.39. The van der Waals surface area contributed by atoms with E-state index in [0.29, 0.717) is 56.0 Å². The Kier molecular flexibility index (Phi) is 8.07. The van der Waals surface area contributed by atoms with E-state index >= 15 is 0 Å². The van der Waals surface area contributed by atoms with Crippen LogP contribution in [-0.2, 0) is 14.3 Å². The second-order valence-corrected chi connectivity index (χ2v) is 8.77. The van der Waals surface area contributed by atoms with Crippen molar-refractivity contribution in [1.82, 2.24) is 14.9 Å². The van der Waals surface area contributed by atoms with Gasteiger partial charge in [0.25, 0.3) is 5.91 Å². The van der Waals surface area contributed by atoms with Gasteiger partial charge < -0.3 is 28.7 Å². The average molecular weight is 491 g/mol. The van der Waals surface area contributed by atoms with Crippen molar-refractivity contribution >= 4 is 23.3 Å². The van der Waals surface area contributed by atoms with Crippen molar-refractivity contribution in [2.24, 2.45) is 0 Å². The van der Waals surface area contributed by atoms with Gasteiger partial charge in [0.1, 0.15) is 11.6 Å². The number of benzene rings is 1. The molecule has 0 spiro atoms. The quantitative estimate of drug-likeness (QED) is 0.611. The van der Waals surface area contributed by atoms with E-state index in [2.05, 4.69) is 14.9 Å². The molecular formula is C24H31ClN4O5. The monoisotopic (exact) mass is 490 g/mol. The van der Waals surface area contributed by atoms with Crippen LogP contribution in [0.1, 0.15) is 29.5 Å². The molecule has 1 amide bonds. The summed E-state index contributed by atoms with van der Waals surface area (Å²) in [4.78, 5) is 25.5. The normalized spacial score (nSPS) is 19.0. The molecule has 0 aliphatic carbocycles. The van der Waals surface area contributed by atoms with Crippen molar-refractivity contribution in [3.8, 4) is 11.5 Å². The highest BCUT2D eigenvalue weighted by atomic mass is 35.5. The molecule has 2 fully saturated rings. The fraction of sp³-hybridized carbons (Fsp3) is 0.542. The molecule has 2 aromatic rings. The largest absolute Gasteiger partial charge is 0.493 e. The molecule has 1 atom stereocenters. The summed E-state index contributed by atoms with van der Waals surface area (Å²) >= 11 is 6.76. The van der Waals surface area contributed by atoms with E-state index in [1.165, 1.54) is 0 Å². The van der Waals surface area contributed by atoms with Gasteiger partial charge in [0, 0.05) is 49.1 Å². The third-order valence-electron chi connectivity index (χ3n) is 5.94. The van der Waals surface area contributed by atoms with Crippen molar-refractivity contribution < 1.29 is 23.7 Å². The third kappa shape index (κ3) is 5.71. The lowest BCUT2D eigenvalue weighted by atomic mass is 10.0. The number of amides is 1. The molecule has 9 nitrogen and oxygen atoms in total. The van der Waals surface area contributed by atoms with E-state index in [9.17, 15) is 4.79 Å². The molecule has 0 bridgehead atoms. The molecule has 0 radical (unpaired) electrons. The number of carbonyl (C=O) groups excluding carboxylic acids is 1. The number of ether oxygens (including phenoxy) is 4. The molecule has 34 heavy (non-hydrogen) atoms. The topological polar surface area (TPSA) is 86.2 Å². The average Bonchev–Trinajstić information content (AvgIpc) is 3.08. The molecule has 2 aliphatic rings. The number of hydrogen-bond acceptors (Lipinski definition) is 8. The number of rotatable bonds is 6. The summed E-state index contributed by atoms with van der Waals surface area (Å²) in [5, 5.41) is 0.512. The van der Waals surface area contributed by atoms with Crippen LogP contribution in [-0.4, -0.2) is 80.6 Å². The predicted molar refractivity (Wildman–Crippen MR) is 128 cm³/mol. The molecular weight excluding hydrogens is 460 g/mol. The van der Waals surface area contributed by atoms with Crippen molar-refractivity contribution in [2.75, 3.05) is 64.7 Å². The van der Waals surface area contributed by atoms with Crippen LogP contribution in [0.5, 0.6) is 11.5 Å².